The molecule has 0 saturated carbocycles. The highest BCUT2D eigenvalue weighted by atomic mass is 16.5. The summed E-state index contributed by atoms with van der Waals surface area (Å²) in [5, 5.41) is 0. The van der Waals surface area contributed by atoms with Gasteiger partial charge in [-0.1, -0.05) is 0 Å². The molecule has 2 fully saturated rings. The van der Waals surface area contributed by atoms with E-state index in [0.29, 0.717) is 5.92 Å². The van der Waals surface area contributed by atoms with Gasteiger partial charge in [-0.25, -0.2) is 9.97 Å². The van der Waals surface area contributed by atoms with Gasteiger partial charge in [0.2, 0.25) is 0 Å². The Balaban J connectivity index is 1.25. The van der Waals surface area contributed by atoms with Crippen molar-refractivity contribution in [3.05, 3.63) is 36.5 Å². The van der Waals surface area contributed by atoms with Crippen LogP contribution in [0.15, 0.2) is 35.2 Å². The number of hydrogen-bond acceptors (Lipinski definition) is 7. The van der Waals surface area contributed by atoms with Gasteiger partial charge in [-0.2, -0.15) is 0 Å². The average Bonchev–Trinajstić information content (AvgIpc) is 3.13. The molecule has 0 bridgehead atoms. The molecule has 0 N–H and O–H groups in total. The van der Waals surface area contributed by atoms with Crippen LogP contribution in [0.2, 0.25) is 0 Å². The molecule has 2 aromatic heterocycles. The van der Waals surface area contributed by atoms with E-state index in [2.05, 4.69) is 26.8 Å². The van der Waals surface area contributed by atoms with Crippen molar-refractivity contribution in [1.29, 1.82) is 0 Å². The van der Waals surface area contributed by atoms with Gasteiger partial charge in [0.05, 0.1) is 32.5 Å². The topological polar surface area (TPSA) is 57.9 Å². The predicted molar refractivity (Wildman–Crippen MR) is 105 cm³/mol. The summed E-state index contributed by atoms with van der Waals surface area (Å²) in [4.78, 5) is 15.3. The molecule has 0 radical (unpaired) electrons. The Labute approximate surface area is 160 Å². The summed E-state index contributed by atoms with van der Waals surface area (Å²) in [6.07, 6.45) is 5.71. The van der Waals surface area contributed by atoms with Crippen molar-refractivity contribution in [3.63, 3.8) is 0 Å². The van der Waals surface area contributed by atoms with E-state index in [-0.39, 0.29) is 5.60 Å². The molecule has 4 rings (SSSR count). The second-order valence-electron chi connectivity index (χ2n) is 8.16. The molecule has 7 heteroatoms. The van der Waals surface area contributed by atoms with Crippen LogP contribution in [0.5, 0.6) is 0 Å². The molecule has 2 aromatic rings. The highest BCUT2D eigenvalue weighted by molar-refractivity contribution is 5.52. The monoisotopic (exact) mass is 371 g/mol. The molecule has 2 saturated heterocycles. The van der Waals surface area contributed by atoms with Gasteiger partial charge in [0.15, 0.2) is 0 Å². The van der Waals surface area contributed by atoms with Crippen LogP contribution in [0.1, 0.15) is 18.6 Å². The molecule has 7 nitrogen and oxygen atoms in total. The van der Waals surface area contributed by atoms with E-state index in [1.807, 2.05) is 37.2 Å². The van der Waals surface area contributed by atoms with Crippen LogP contribution in [0.25, 0.3) is 0 Å². The summed E-state index contributed by atoms with van der Waals surface area (Å²) in [5.41, 5.74) is 0.0132. The summed E-state index contributed by atoms with van der Waals surface area (Å²) >= 11 is 0. The van der Waals surface area contributed by atoms with Gasteiger partial charge in [-0.15, -0.1) is 0 Å². The van der Waals surface area contributed by atoms with Gasteiger partial charge in [-0.05, 0) is 37.9 Å². The fraction of sp³-hybridized carbons (Fsp3) is 0.600. The molecule has 27 heavy (non-hydrogen) atoms. The largest absolute Gasteiger partial charge is 0.468 e. The highest BCUT2D eigenvalue weighted by Crippen LogP contribution is 2.38. The van der Waals surface area contributed by atoms with E-state index in [1.54, 1.807) is 12.6 Å². The standard InChI is InChI=1S/C20H29N5O2/c1-23(2)18-9-19(22-15-21-18)25-13-20(14-25)7-6-16(12-27-20)10-24(3)11-17-5-4-8-26-17/h4-5,8-9,15-16H,6-7,10-14H2,1-3H3/t16-/m0/s1. The maximum absolute atomic E-state index is 6.33. The summed E-state index contributed by atoms with van der Waals surface area (Å²) in [5.74, 6) is 3.53. The highest BCUT2D eigenvalue weighted by Gasteiger charge is 2.47. The van der Waals surface area contributed by atoms with Crippen LogP contribution >= 0.6 is 0 Å². The van der Waals surface area contributed by atoms with E-state index < -0.39 is 0 Å². The fourth-order valence-corrected chi connectivity index (χ4v) is 4.05. The molecule has 0 aliphatic carbocycles. The number of nitrogens with zero attached hydrogens (tertiary/aromatic N) is 5. The van der Waals surface area contributed by atoms with Gasteiger partial charge in [-0.3, -0.25) is 4.90 Å². The quantitative estimate of drug-likeness (QED) is 0.772. The maximum atomic E-state index is 6.33. The molecule has 146 valence electrons. The Morgan fingerprint density at radius 3 is 2.78 bits per heavy atom. The van der Waals surface area contributed by atoms with Gasteiger partial charge >= 0.3 is 0 Å². The maximum Gasteiger partial charge on any atom is 0.134 e. The molecule has 0 unspecified atom stereocenters. The van der Waals surface area contributed by atoms with Crippen LogP contribution in [-0.2, 0) is 11.3 Å². The number of anilines is 2. The van der Waals surface area contributed by atoms with Crippen LogP contribution in [0, 0.1) is 5.92 Å². The number of furan rings is 1. The minimum absolute atomic E-state index is 0.0132. The fourth-order valence-electron chi connectivity index (χ4n) is 4.05. The molecule has 2 aliphatic rings. The second-order valence-corrected chi connectivity index (χ2v) is 8.16. The first kappa shape index (κ1) is 18.3. The van der Waals surface area contributed by atoms with E-state index in [1.165, 1.54) is 6.42 Å². The van der Waals surface area contributed by atoms with Crippen molar-refractivity contribution in [3.8, 4) is 0 Å². The van der Waals surface area contributed by atoms with Gasteiger partial charge in [0.1, 0.15) is 29.3 Å². The van der Waals surface area contributed by atoms with Crippen molar-refractivity contribution in [1.82, 2.24) is 14.9 Å². The van der Waals surface area contributed by atoms with E-state index in [0.717, 1.165) is 56.6 Å². The van der Waals surface area contributed by atoms with Crippen LogP contribution in [0.3, 0.4) is 0 Å². The summed E-state index contributed by atoms with van der Waals surface area (Å²) in [6.45, 7) is 4.57. The molecular formula is C20H29N5O2. The zero-order valence-electron chi connectivity index (χ0n) is 16.5. The Bertz CT molecular complexity index is 733. The molecular weight excluding hydrogens is 342 g/mol. The second kappa shape index (κ2) is 7.48. The first-order valence-electron chi connectivity index (χ1n) is 9.62. The Kier molecular flexibility index (Phi) is 5.06. The molecule has 0 amide bonds. The smallest absolute Gasteiger partial charge is 0.134 e. The SMILES string of the molecule is CN(Cc1ccco1)C[C@@H]1CCC2(CN(c3cc(N(C)C)ncn3)C2)OC1. The Hall–Kier alpha value is -2.12. The van der Waals surface area contributed by atoms with Crippen molar-refractivity contribution >= 4 is 11.6 Å². The van der Waals surface area contributed by atoms with Gasteiger partial charge in [0.25, 0.3) is 0 Å². The van der Waals surface area contributed by atoms with Crippen LogP contribution < -0.4 is 9.80 Å². The number of aromatic nitrogens is 2. The van der Waals surface area contributed by atoms with E-state index in [9.17, 15) is 0 Å². The predicted octanol–water partition coefficient (Wildman–Crippen LogP) is 2.25. The summed E-state index contributed by atoms with van der Waals surface area (Å²) < 4.78 is 11.8. The third-order valence-electron chi connectivity index (χ3n) is 5.59. The van der Waals surface area contributed by atoms with Crippen molar-refractivity contribution in [2.24, 2.45) is 5.92 Å². The third kappa shape index (κ3) is 4.09. The minimum Gasteiger partial charge on any atom is -0.468 e. The lowest BCUT2D eigenvalue weighted by Crippen LogP contribution is -2.65. The number of ether oxygens (including phenoxy) is 1. The normalized spacial score (nSPS) is 21.5. The van der Waals surface area contributed by atoms with Crippen molar-refractivity contribution < 1.29 is 9.15 Å². The molecule has 1 spiro atoms. The lowest BCUT2D eigenvalue weighted by atomic mass is 9.83. The third-order valence-corrected chi connectivity index (χ3v) is 5.59. The zero-order valence-corrected chi connectivity index (χ0v) is 16.5. The number of rotatable bonds is 6. The molecule has 4 heterocycles. The molecule has 1 atom stereocenters. The van der Waals surface area contributed by atoms with Gasteiger partial charge < -0.3 is 19.0 Å². The van der Waals surface area contributed by atoms with E-state index in [4.69, 9.17) is 9.15 Å². The van der Waals surface area contributed by atoms with Crippen molar-refractivity contribution in [2.75, 3.05) is 57.2 Å². The lowest BCUT2D eigenvalue weighted by molar-refractivity contribution is -0.119. The van der Waals surface area contributed by atoms with E-state index >= 15 is 0 Å². The zero-order chi connectivity index (χ0) is 18.9. The van der Waals surface area contributed by atoms with Crippen LogP contribution in [-0.4, -0.2) is 67.9 Å². The molecule has 0 aromatic carbocycles. The average molecular weight is 371 g/mol. The molecule has 2 aliphatic heterocycles. The first-order chi connectivity index (χ1) is 13.0. The summed E-state index contributed by atoms with van der Waals surface area (Å²) in [6, 6.07) is 6.01. The number of hydrogen-bond donors (Lipinski definition) is 0. The van der Waals surface area contributed by atoms with Gasteiger partial charge in [0, 0.05) is 26.7 Å². The van der Waals surface area contributed by atoms with Crippen LogP contribution in [0.4, 0.5) is 11.6 Å². The van der Waals surface area contributed by atoms with Crippen molar-refractivity contribution in [2.45, 2.75) is 25.0 Å². The first-order valence-corrected chi connectivity index (χ1v) is 9.62. The Morgan fingerprint density at radius 2 is 2.11 bits per heavy atom. The summed E-state index contributed by atoms with van der Waals surface area (Å²) in [7, 11) is 6.14. The Morgan fingerprint density at radius 1 is 1.26 bits per heavy atom. The lowest BCUT2D eigenvalue weighted by Gasteiger charge is -2.53. The minimum atomic E-state index is 0.0132.